The topological polar surface area (TPSA) is 40.6 Å². The SMILES string of the molecule is CNCC=[C-]N1CCC(N(c2ccc(C(F)(F)F)cc2)c2cnccc2OC2CC2)CC1.[CH3-].[K+]. The third-order valence-corrected chi connectivity index (χ3v) is 5.72. The van der Waals surface area contributed by atoms with Gasteiger partial charge >= 0.3 is 57.6 Å². The second-order valence-electron chi connectivity index (χ2n) is 8.18. The molecule has 0 bridgehead atoms. The number of nitrogens with zero attached hydrogens (tertiary/aromatic N) is 3. The molecule has 2 fully saturated rings. The Morgan fingerprint density at radius 2 is 1.82 bits per heavy atom. The number of nitrogens with one attached hydrogen (secondary N) is 1. The van der Waals surface area contributed by atoms with E-state index in [-0.39, 0.29) is 71.0 Å². The van der Waals surface area contributed by atoms with E-state index >= 15 is 0 Å². The van der Waals surface area contributed by atoms with Gasteiger partial charge in [0.1, 0.15) is 11.4 Å². The number of alkyl halides is 3. The van der Waals surface area contributed by atoms with Crippen LogP contribution in [0, 0.1) is 13.6 Å². The first kappa shape index (κ1) is 29.1. The van der Waals surface area contributed by atoms with Gasteiger partial charge in [0.15, 0.2) is 0 Å². The Morgan fingerprint density at radius 3 is 2.41 bits per heavy atom. The van der Waals surface area contributed by atoms with E-state index < -0.39 is 11.7 Å². The molecule has 2 aromatic rings. The number of benzene rings is 1. The van der Waals surface area contributed by atoms with Crippen molar-refractivity contribution in [3.63, 3.8) is 0 Å². The van der Waals surface area contributed by atoms with E-state index in [1.54, 1.807) is 24.5 Å². The van der Waals surface area contributed by atoms with Crippen molar-refractivity contribution in [2.24, 2.45) is 0 Å². The molecule has 0 atom stereocenters. The van der Waals surface area contributed by atoms with E-state index in [0.29, 0.717) is 5.69 Å². The Balaban J connectivity index is 0.00000204. The van der Waals surface area contributed by atoms with Crippen molar-refractivity contribution in [1.82, 2.24) is 15.2 Å². The van der Waals surface area contributed by atoms with E-state index in [2.05, 4.69) is 26.3 Å². The summed E-state index contributed by atoms with van der Waals surface area (Å²) in [6.07, 6.45) is 8.29. The van der Waals surface area contributed by atoms with Crippen LogP contribution in [0.5, 0.6) is 5.75 Å². The maximum absolute atomic E-state index is 13.1. The molecule has 0 radical (unpaired) electrons. The summed E-state index contributed by atoms with van der Waals surface area (Å²) in [6, 6.07) is 7.32. The molecule has 0 spiro atoms. The molecule has 1 aliphatic heterocycles. The molecule has 5 nitrogen and oxygen atoms in total. The van der Waals surface area contributed by atoms with Gasteiger partial charge in [0.2, 0.25) is 0 Å². The molecule has 1 aromatic carbocycles. The normalized spacial score (nSPS) is 16.6. The largest absolute Gasteiger partial charge is 1.00 e. The van der Waals surface area contributed by atoms with E-state index in [0.717, 1.165) is 68.9 Å². The van der Waals surface area contributed by atoms with Gasteiger partial charge in [-0.15, -0.1) is 0 Å². The van der Waals surface area contributed by atoms with Gasteiger partial charge in [0.05, 0.1) is 17.9 Å². The molecule has 180 valence electrons. The molecule has 2 heterocycles. The van der Waals surface area contributed by atoms with Gasteiger partial charge in [-0.1, -0.05) is 0 Å². The van der Waals surface area contributed by atoms with E-state index in [1.807, 2.05) is 19.2 Å². The minimum Gasteiger partial charge on any atom is -0.554 e. The molecule has 0 amide bonds. The maximum atomic E-state index is 13.1. The predicted molar refractivity (Wildman–Crippen MR) is 124 cm³/mol. The first-order valence-corrected chi connectivity index (χ1v) is 11.0. The standard InChI is InChI=1S/C24H28F3N4O.CH3.K/c1-28-12-2-14-30-15-10-20(11-16-30)31(19-5-3-18(4-6-19)24(25,26)27)22-17-29-13-9-23(22)32-21-7-8-21;;/h2-6,9,13,17,20-21,28H,7-8,10-12,15-16H2,1H3;1H3;/q2*-1;+1. The zero-order valence-corrected chi connectivity index (χ0v) is 23.2. The summed E-state index contributed by atoms with van der Waals surface area (Å²) in [5.41, 5.74) is 0.855. The van der Waals surface area contributed by atoms with Gasteiger partial charge in [-0.25, -0.2) is 6.08 Å². The van der Waals surface area contributed by atoms with Crippen LogP contribution < -0.4 is 66.3 Å². The average Bonchev–Trinajstić information content (AvgIpc) is 3.60. The van der Waals surface area contributed by atoms with E-state index in [1.165, 1.54) is 0 Å². The molecule has 9 heteroatoms. The van der Waals surface area contributed by atoms with Gasteiger partial charge in [-0.2, -0.15) is 13.2 Å². The minimum absolute atomic E-state index is 0. The summed E-state index contributed by atoms with van der Waals surface area (Å²) in [6.45, 7) is 2.40. The summed E-state index contributed by atoms with van der Waals surface area (Å²) in [5.74, 6) is 0.727. The molecule has 1 N–H and O–H groups in total. The molecular weight excluding hydrogens is 468 g/mol. The maximum Gasteiger partial charge on any atom is 1.00 e. The van der Waals surface area contributed by atoms with Crippen molar-refractivity contribution < 1.29 is 69.3 Å². The van der Waals surface area contributed by atoms with Gasteiger partial charge < -0.3 is 33.5 Å². The number of halogens is 3. The summed E-state index contributed by atoms with van der Waals surface area (Å²) in [4.78, 5) is 8.55. The van der Waals surface area contributed by atoms with Crippen LogP contribution in [0.15, 0.2) is 48.8 Å². The van der Waals surface area contributed by atoms with Gasteiger partial charge in [-0.3, -0.25) is 4.98 Å². The Morgan fingerprint density at radius 1 is 1.15 bits per heavy atom. The van der Waals surface area contributed by atoms with E-state index in [4.69, 9.17) is 4.74 Å². The number of rotatable bonds is 8. The summed E-state index contributed by atoms with van der Waals surface area (Å²) < 4.78 is 45.5. The molecule has 1 saturated heterocycles. The second-order valence-corrected chi connectivity index (χ2v) is 8.18. The number of hydrogen-bond donors (Lipinski definition) is 1. The number of anilines is 2. The van der Waals surface area contributed by atoms with Crippen LogP contribution in [0.2, 0.25) is 0 Å². The summed E-state index contributed by atoms with van der Waals surface area (Å²) in [7, 11) is 1.89. The Bertz CT molecular complexity index is 911. The monoisotopic (exact) mass is 499 g/mol. The van der Waals surface area contributed by atoms with Gasteiger partial charge in [0, 0.05) is 24.0 Å². The van der Waals surface area contributed by atoms with E-state index in [9.17, 15) is 13.2 Å². The fourth-order valence-electron chi connectivity index (χ4n) is 3.91. The molecule has 0 unspecified atom stereocenters. The van der Waals surface area contributed by atoms with Crippen LogP contribution in [0.3, 0.4) is 0 Å². The van der Waals surface area contributed by atoms with Gasteiger partial charge in [-0.05, 0) is 76.6 Å². The van der Waals surface area contributed by atoms with Crippen molar-refractivity contribution in [3.8, 4) is 5.75 Å². The van der Waals surface area contributed by atoms with Crippen LogP contribution in [-0.2, 0) is 6.18 Å². The zero-order chi connectivity index (χ0) is 22.6. The Hall–Kier alpha value is -1.10. The average molecular weight is 500 g/mol. The van der Waals surface area contributed by atoms with Crippen LogP contribution in [0.1, 0.15) is 31.2 Å². The van der Waals surface area contributed by atoms with Crippen molar-refractivity contribution in [2.75, 3.05) is 31.6 Å². The quantitative estimate of drug-likeness (QED) is 0.446. The number of aromatic nitrogens is 1. The number of piperidine rings is 1. The first-order chi connectivity index (χ1) is 15.5. The number of likely N-dealkylation sites (tertiary alicyclic amines) is 1. The fraction of sp³-hybridized carbons (Fsp3) is 0.440. The molecule has 2 aliphatic rings. The number of ether oxygens (including phenoxy) is 1. The van der Waals surface area contributed by atoms with Crippen LogP contribution >= 0.6 is 0 Å². The molecular formula is C25H31F3KN4O-. The van der Waals surface area contributed by atoms with Crippen molar-refractivity contribution >= 4 is 11.4 Å². The minimum atomic E-state index is -4.36. The molecule has 1 saturated carbocycles. The fourth-order valence-corrected chi connectivity index (χ4v) is 3.91. The van der Waals surface area contributed by atoms with Crippen molar-refractivity contribution in [2.45, 2.75) is 44.0 Å². The second kappa shape index (κ2) is 13.3. The zero-order valence-electron chi connectivity index (χ0n) is 20.1. The molecule has 34 heavy (non-hydrogen) atoms. The van der Waals surface area contributed by atoms with Crippen molar-refractivity contribution in [1.29, 1.82) is 0 Å². The predicted octanol–water partition coefficient (Wildman–Crippen LogP) is 2.23. The van der Waals surface area contributed by atoms with Crippen LogP contribution in [0.25, 0.3) is 0 Å². The third kappa shape index (κ3) is 7.70. The summed E-state index contributed by atoms with van der Waals surface area (Å²) in [5, 5.41) is 3.07. The Labute approximate surface area is 243 Å². The molecule has 1 aromatic heterocycles. The number of likely N-dealkylation sites (N-methyl/N-ethyl adjacent to an activating group) is 1. The summed E-state index contributed by atoms with van der Waals surface area (Å²) >= 11 is 0. The third-order valence-electron chi connectivity index (χ3n) is 5.72. The number of pyridine rings is 1. The van der Waals surface area contributed by atoms with Crippen molar-refractivity contribution in [3.05, 3.63) is 68.0 Å². The smallest absolute Gasteiger partial charge is 0.554 e. The Kier molecular flexibility index (Phi) is 11.4. The molecule has 1 aliphatic carbocycles. The first-order valence-electron chi connectivity index (χ1n) is 11.0. The molecule has 4 rings (SSSR count). The van der Waals surface area contributed by atoms with Crippen LogP contribution in [0.4, 0.5) is 24.5 Å². The van der Waals surface area contributed by atoms with Gasteiger partial charge in [0.25, 0.3) is 0 Å². The van der Waals surface area contributed by atoms with Crippen LogP contribution in [-0.4, -0.2) is 48.7 Å². The number of hydrogen-bond acceptors (Lipinski definition) is 5.